The molecular weight excluding hydrogens is 644 g/mol. The van der Waals surface area contributed by atoms with Gasteiger partial charge in [-0.3, -0.25) is 9.59 Å². The second-order valence-corrected chi connectivity index (χ2v) is 9.20. The number of anilines is 2. The number of hydrogen-bond acceptors (Lipinski definition) is 4. The number of amides is 2. The highest BCUT2D eigenvalue weighted by atomic mass is 79.9. The Morgan fingerprint density at radius 2 is 1.34 bits per heavy atom. The number of aryl methyl sites for hydroxylation is 2. The van der Waals surface area contributed by atoms with Gasteiger partial charge in [0.25, 0.3) is 0 Å². The molecule has 2 heterocycles. The molecule has 0 aliphatic carbocycles. The second kappa shape index (κ2) is 17.0. The molecule has 2 amide bonds. The van der Waals surface area contributed by atoms with Gasteiger partial charge in [-0.1, -0.05) is 59.9 Å². The largest absolute Gasteiger partial charge is 0.508 e. The van der Waals surface area contributed by atoms with E-state index in [-0.39, 0.29) is 40.3 Å². The molecule has 2 aliphatic heterocycles. The van der Waals surface area contributed by atoms with Crippen molar-refractivity contribution in [3.63, 3.8) is 0 Å². The molecule has 192 valence electrons. The maximum absolute atomic E-state index is 11.8. The summed E-state index contributed by atoms with van der Waals surface area (Å²) >= 11 is 9.95. The maximum Gasteiger partial charge on any atom is 0.224 e. The number of phenolic OH excluding ortho intramolecular Hbond substituents is 1. The van der Waals surface area contributed by atoms with Gasteiger partial charge in [0.1, 0.15) is 11.5 Å². The van der Waals surface area contributed by atoms with Crippen LogP contribution in [-0.2, 0) is 22.3 Å². The normalized spacial score (nSPS) is 24.3. The Bertz CT molecular complexity index is 1480. The van der Waals surface area contributed by atoms with Crippen molar-refractivity contribution in [1.29, 1.82) is 0 Å². The van der Waals surface area contributed by atoms with Crippen LogP contribution in [0.25, 0.3) is 0 Å². The van der Waals surface area contributed by atoms with Gasteiger partial charge in [-0.05, 0) is 61.6 Å². The Kier molecular flexibility index (Phi) is 7.91. The number of carbonyl (C=O) groups excluding carboxylic acids is 2. The van der Waals surface area contributed by atoms with Gasteiger partial charge in [0.2, 0.25) is 11.8 Å². The van der Waals surface area contributed by atoms with Crippen LogP contribution in [0.4, 0.5) is 11.4 Å². The summed E-state index contributed by atoms with van der Waals surface area (Å²) < 4.78 is 97.8. The fraction of sp³-hybridized carbons (Fsp3) is 0.462. The summed E-state index contributed by atoms with van der Waals surface area (Å²) in [5.41, 5.74) is -0.972. The van der Waals surface area contributed by atoms with Crippen molar-refractivity contribution < 1.29 is 35.9 Å². The van der Waals surface area contributed by atoms with Gasteiger partial charge in [0, 0.05) is 63.2 Å². The lowest BCUT2D eigenvalue weighted by Gasteiger charge is -2.17. The SMILES string of the molecule is BrCCCCBr.[2H]c1cc2c(c([2H])c1O)NC(=O)C([2H])([2H])C2([2H])[2H].[2H]c1cc2c(c([2H])c1OCCCCBr)NC(=O)C([2H])([2H])C2([2H])[2H]. The lowest BCUT2D eigenvalue weighted by atomic mass is 10.0. The highest BCUT2D eigenvalue weighted by Crippen LogP contribution is 2.27. The van der Waals surface area contributed by atoms with Crippen LogP contribution in [0.5, 0.6) is 11.5 Å². The first-order chi connectivity index (χ1) is 21.7. The molecule has 0 fully saturated rings. The zero-order chi connectivity index (χ0) is 36.1. The van der Waals surface area contributed by atoms with Crippen LogP contribution < -0.4 is 15.4 Å². The van der Waals surface area contributed by atoms with Gasteiger partial charge in [-0.25, -0.2) is 0 Å². The third-order valence-corrected chi connectivity index (χ3v) is 5.79. The number of ether oxygens (including phenoxy) is 1. The number of fused-ring (bicyclic) bond motifs is 2. The van der Waals surface area contributed by atoms with Gasteiger partial charge in [0.05, 0.1) is 12.1 Å². The van der Waals surface area contributed by atoms with Gasteiger partial charge in [-0.2, -0.15) is 0 Å². The number of carbonyl (C=O) groups is 2. The van der Waals surface area contributed by atoms with Crippen molar-refractivity contribution >= 4 is 71.0 Å². The highest BCUT2D eigenvalue weighted by Gasteiger charge is 2.15. The van der Waals surface area contributed by atoms with E-state index in [4.69, 9.17) is 21.2 Å². The molecule has 35 heavy (non-hydrogen) atoms. The van der Waals surface area contributed by atoms with E-state index in [2.05, 4.69) is 58.4 Å². The number of halogens is 3. The molecule has 0 spiro atoms. The van der Waals surface area contributed by atoms with Gasteiger partial charge in [-0.15, -0.1) is 0 Å². The maximum atomic E-state index is 11.8. The Labute approximate surface area is 249 Å². The average molecular weight is 689 g/mol. The number of unbranched alkanes of at least 4 members (excludes halogenated alkanes) is 2. The van der Waals surface area contributed by atoms with Crippen molar-refractivity contribution in [3.05, 3.63) is 47.4 Å². The Balaban J connectivity index is 0.000000284. The number of phenols is 1. The molecule has 0 bridgehead atoms. The summed E-state index contributed by atoms with van der Waals surface area (Å²) in [6, 6.07) is 0.437. The molecule has 9 heteroatoms. The molecule has 2 aromatic carbocycles. The molecule has 4 rings (SSSR count). The Morgan fingerprint density at radius 3 is 1.91 bits per heavy atom. The van der Waals surface area contributed by atoms with Crippen LogP contribution in [0.15, 0.2) is 36.3 Å². The highest BCUT2D eigenvalue weighted by molar-refractivity contribution is 9.09. The summed E-state index contributed by atoms with van der Waals surface area (Å²) in [7, 11) is 0. The summed E-state index contributed by atoms with van der Waals surface area (Å²) in [6.07, 6.45) is -6.75. The van der Waals surface area contributed by atoms with Crippen LogP contribution in [-0.4, -0.2) is 39.5 Å². The van der Waals surface area contributed by atoms with Crippen LogP contribution >= 0.6 is 47.8 Å². The predicted molar refractivity (Wildman–Crippen MR) is 154 cm³/mol. The van der Waals surface area contributed by atoms with Crippen LogP contribution in [0.1, 0.15) is 66.0 Å². The van der Waals surface area contributed by atoms with Crippen LogP contribution in [0.2, 0.25) is 0 Å². The lowest BCUT2D eigenvalue weighted by Crippen LogP contribution is -2.18. The van der Waals surface area contributed by atoms with Gasteiger partial charge >= 0.3 is 0 Å². The molecule has 3 N–H and O–H groups in total. The first-order valence-electron chi connectivity index (χ1n) is 16.6. The van der Waals surface area contributed by atoms with E-state index >= 15 is 0 Å². The van der Waals surface area contributed by atoms with Crippen LogP contribution in [0, 0.1) is 0 Å². The average Bonchev–Trinajstić information content (AvgIpc) is 2.99. The van der Waals surface area contributed by atoms with E-state index < -0.39 is 55.1 Å². The zero-order valence-electron chi connectivity index (χ0n) is 30.6. The molecular formula is C26H33Br3N2O4. The van der Waals surface area contributed by atoms with E-state index in [1.54, 1.807) is 0 Å². The lowest BCUT2D eigenvalue weighted by molar-refractivity contribution is -0.117. The smallest absolute Gasteiger partial charge is 0.224 e. The minimum atomic E-state index is -2.81. The van der Waals surface area contributed by atoms with E-state index in [1.165, 1.54) is 12.8 Å². The van der Waals surface area contributed by atoms with Crippen molar-refractivity contribution in [3.8, 4) is 11.5 Å². The number of nitrogens with one attached hydrogen (secondary N) is 2. The van der Waals surface area contributed by atoms with E-state index in [1.807, 2.05) is 0 Å². The van der Waals surface area contributed by atoms with E-state index in [0.29, 0.717) is 6.61 Å². The Hall–Kier alpha value is -1.58. The standard InChI is InChI=1S/C13H16BrNO2.C9H9NO2.C4H8Br2/c14-7-1-2-8-17-11-5-3-10-4-6-13(16)15-12(10)9-11;11-7-3-1-6-2-4-9(12)10-8(6)5-7;5-3-1-2-4-6/h3,5,9H,1-2,4,6-8H2,(H,15,16);1,3,5,11H,2,4H2,(H,10,12);1-4H2/i4D2,5D,6D2,9D;2D2,3D,4D2,5D;. The molecule has 6 nitrogen and oxygen atoms in total. The van der Waals surface area contributed by atoms with Crippen molar-refractivity contribution in [2.24, 2.45) is 0 Å². The van der Waals surface area contributed by atoms with Gasteiger partial charge < -0.3 is 20.5 Å². The molecule has 0 atom stereocenters. The minimum absolute atomic E-state index is 0.0446. The number of alkyl halides is 3. The molecule has 0 radical (unpaired) electrons. The molecule has 2 aromatic rings. The first kappa shape index (κ1) is 16.3. The third-order valence-electron chi connectivity index (χ3n) is 4.11. The van der Waals surface area contributed by atoms with Crippen molar-refractivity contribution in [2.75, 3.05) is 33.2 Å². The molecule has 0 aromatic heterocycles. The number of hydrogen-bond donors (Lipinski definition) is 3. The summed E-state index contributed by atoms with van der Waals surface area (Å²) in [5.74, 6) is -3.10. The summed E-state index contributed by atoms with van der Waals surface area (Å²) in [6.45, 7) is 0.295. The molecule has 0 saturated carbocycles. The van der Waals surface area contributed by atoms with Crippen LogP contribution in [0.3, 0.4) is 0 Å². The fourth-order valence-electron chi connectivity index (χ4n) is 2.43. The number of aromatic hydroxyl groups is 1. The van der Waals surface area contributed by atoms with Crippen molar-refractivity contribution in [2.45, 2.75) is 51.2 Å². The Morgan fingerprint density at radius 1 is 0.829 bits per heavy atom. The molecule has 0 unspecified atom stereocenters. The number of benzene rings is 2. The zero-order valence-corrected chi connectivity index (χ0v) is 23.4. The first-order valence-corrected chi connectivity index (χ1v) is 13.9. The topological polar surface area (TPSA) is 87.7 Å². The molecule has 2 aliphatic rings. The fourth-order valence-corrected chi connectivity index (χ4v) is 3.62. The quantitative estimate of drug-likeness (QED) is 0.207. The number of rotatable bonds is 8. The second-order valence-electron chi connectivity index (χ2n) is 6.82. The van der Waals surface area contributed by atoms with Gasteiger partial charge in [0.15, 0.2) is 0 Å². The summed E-state index contributed by atoms with van der Waals surface area (Å²) in [5, 5.41) is 16.8. The third kappa shape index (κ3) is 11.3. The summed E-state index contributed by atoms with van der Waals surface area (Å²) in [4.78, 5) is 23.3. The van der Waals surface area contributed by atoms with Crippen molar-refractivity contribution in [1.82, 2.24) is 0 Å². The minimum Gasteiger partial charge on any atom is -0.508 e. The molecule has 0 saturated heterocycles. The monoisotopic (exact) mass is 686 g/mol. The van der Waals surface area contributed by atoms with E-state index in [0.717, 1.165) is 41.0 Å². The van der Waals surface area contributed by atoms with E-state index in [9.17, 15) is 14.7 Å². The predicted octanol–water partition coefficient (Wildman–Crippen LogP) is 6.96.